The van der Waals surface area contributed by atoms with Crippen molar-refractivity contribution >= 4 is 5.91 Å². The van der Waals surface area contributed by atoms with Crippen LogP contribution in [0.4, 0.5) is 0 Å². The van der Waals surface area contributed by atoms with Gasteiger partial charge >= 0.3 is 0 Å². The topological polar surface area (TPSA) is 53.0 Å². The molecule has 5 nitrogen and oxygen atoms in total. The molecule has 5 heteroatoms. The van der Waals surface area contributed by atoms with E-state index in [9.17, 15) is 9.90 Å². The third-order valence-corrected chi connectivity index (χ3v) is 5.51. The molecule has 2 heterocycles. The number of likely N-dealkylation sites (tertiary alicyclic amines) is 2. The summed E-state index contributed by atoms with van der Waals surface area (Å²) in [6.45, 7) is 2.92. The number of hydrogen-bond acceptors (Lipinski definition) is 4. The summed E-state index contributed by atoms with van der Waals surface area (Å²) in [6, 6.07) is 18.1. The van der Waals surface area contributed by atoms with Crippen LogP contribution in [0.3, 0.4) is 0 Å². The molecule has 2 aromatic rings. The van der Waals surface area contributed by atoms with Crippen LogP contribution in [0.25, 0.3) is 0 Å². The minimum Gasteiger partial charge on any atom is -0.497 e. The lowest BCUT2D eigenvalue weighted by atomic mass is 10.0. The van der Waals surface area contributed by atoms with Crippen LogP contribution in [-0.2, 0) is 17.9 Å². The lowest BCUT2D eigenvalue weighted by molar-refractivity contribution is -0.136. The van der Waals surface area contributed by atoms with Gasteiger partial charge in [0.25, 0.3) is 5.91 Å². The number of hydrogen-bond donors (Lipinski definition) is 1. The van der Waals surface area contributed by atoms with Gasteiger partial charge in [0.2, 0.25) is 0 Å². The quantitative estimate of drug-likeness (QED) is 0.893. The van der Waals surface area contributed by atoms with Gasteiger partial charge in [-0.3, -0.25) is 9.69 Å². The van der Waals surface area contributed by atoms with Gasteiger partial charge in [-0.1, -0.05) is 42.5 Å². The highest BCUT2D eigenvalue weighted by molar-refractivity contribution is 5.84. The molecule has 2 aromatic carbocycles. The highest BCUT2D eigenvalue weighted by Gasteiger charge is 2.51. The number of aliphatic hydroxyl groups excluding tert-OH is 1. The van der Waals surface area contributed by atoms with Crippen LogP contribution in [0.15, 0.2) is 54.6 Å². The molecular weight excluding hydrogens is 328 g/mol. The maximum Gasteiger partial charge on any atom is 0.252 e. The van der Waals surface area contributed by atoms with Gasteiger partial charge in [0.15, 0.2) is 0 Å². The predicted molar refractivity (Wildman–Crippen MR) is 98.5 cm³/mol. The zero-order chi connectivity index (χ0) is 18.1. The summed E-state index contributed by atoms with van der Waals surface area (Å²) in [5, 5.41) is 10.4. The predicted octanol–water partition coefficient (Wildman–Crippen LogP) is 1.90. The lowest BCUT2D eigenvalue weighted by Gasteiger charge is -2.25. The molecule has 1 N–H and O–H groups in total. The fourth-order valence-electron chi connectivity index (χ4n) is 4.14. The second-order valence-corrected chi connectivity index (χ2v) is 7.17. The Hall–Kier alpha value is -2.37. The molecule has 0 aliphatic carbocycles. The van der Waals surface area contributed by atoms with E-state index in [4.69, 9.17) is 4.74 Å². The van der Waals surface area contributed by atoms with E-state index in [2.05, 4.69) is 17.0 Å². The van der Waals surface area contributed by atoms with Crippen molar-refractivity contribution in [2.24, 2.45) is 5.92 Å². The Kier molecular flexibility index (Phi) is 4.66. The lowest BCUT2D eigenvalue weighted by Crippen LogP contribution is -2.38. The first-order valence-corrected chi connectivity index (χ1v) is 9.03. The summed E-state index contributed by atoms with van der Waals surface area (Å²) in [5.41, 5.74) is 2.31. The number of carbonyl (C=O) groups excluding carboxylic acids is 1. The average Bonchev–Trinajstić information content (AvgIpc) is 3.17. The van der Waals surface area contributed by atoms with Crippen molar-refractivity contribution in [2.75, 3.05) is 20.2 Å². The molecule has 0 bridgehead atoms. The summed E-state index contributed by atoms with van der Waals surface area (Å²) in [4.78, 5) is 16.7. The summed E-state index contributed by atoms with van der Waals surface area (Å²) in [6.07, 6.45) is -0.885. The van der Waals surface area contributed by atoms with Gasteiger partial charge in [0, 0.05) is 32.1 Å². The molecule has 2 aliphatic rings. The minimum atomic E-state index is -0.885. The van der Waals surface area contributed by atoms with Crippen LogP contribution in [0, 0.1) is 5.92 Å². The first kappa shape index (κ1) is 17.1. The van der Waals surface area contributed by atoms with Crippen LogP contribution in [0.5, 0.6) is 5.75 Å². The smallest absolute Gasteiger partial charge is 0.252 e. The Morgan fingerprint density at radius 3 is 2.38 bits per heavy atom. The number of methoxy groups -OCH3 is 1. The van der Waals surface area contributed by atoms with Gasteiger partial charge in [0.05, 0.1) is 13.2 Å². The van der Waals surface area contributed by atoms with E-state index in [1.807, 2.05) is 47.4 Å². The van der Waals surface area contributed by atoms with Crippen molar-refractivity contribution in [3.05, 3.63) is 65.7 Å². The van der Waals surface area contributed by atoms with Crippen molar-refractivity contribution in [1.29, 1.82) is 0 Å². The minimum absolute atomic E-state index is 0.00976. The summed E-state index contributed by atoms with van der Waals surface area (Å²) < 4.78 is 5.21. The number of amides is 1. The van der Waals surface area contributed by atoms with Gasteiger partial charge in [-0.15, -0.1) is 0 Å². The SMILES string of the molecule is COc1ccc(CN2C[C@@H]3[C@H](O)C(=O)N(Cc4ccccc4)[C@@H]3C2)cc1. The Morgan fingerprint density at radius 1 is 1.00 bits per heavy atom. The van der Waals surface area contributed by atoms with E-state index in [1.54, 1.807) is 7.11 Å². The fraction of sp³-hybridized carbons (Fsp3) is 0.381. The number of ether oxygens (including phenoxy) is 1. The number of rotatable bonds is 5. The van der Waals surface area contributed by atoms with Crippen LogP contribution in [-0.4, -0.2) is 53.2 Å². The molecule has 0 radical (unpaired) electrons. The highest BCUT2D eigenvalue weighted by Crippen LogP contribution is 2.34. The maximum absolute atomic E-state index is 12.5. The monoisotopic (exact) mass is 352 g/mol. The zero-order valence-electron chi connectivity index (χ0n) is 14.9. The van der Waals surface area contributed by atoms with E-state index in [0.29, 0.717) is 6.54 Å². The number of aliphatic hydroxyl groups is 1. The third-order valence-electron chi connectivity index (χ3n) is 5.51. The normalized spacial score (nSPS) is 25.5. The molecule has 136 valence electrons. The molecule has 0 saturated carbocycles. The third kappa shape index (κ3) is 3.20. The second kappa shape index (κ2) is 7.09. The van der Waals surface area contributed by atoms with Gasteiger partial charge in [0.1, 0.15) is 11.9 Å². The average molecular weight is 352 g/mol. The molecule has 0 unspecified atom stereocenters. The molecular formula is C21H24N2O3. The van der Waals surface area contributed by atoms with E-state index < -0.39 is 6.10 Å². The second-order valence-electron chi connectivity index (χ2n) is 7.17. The Morgan fingerprint density at radius 2 is 1.69 bits per heavy atom. The number of benzene rings is 2. The Balaban J connectivity index is 1.45. The fourth-order valence-corrected chi connectivity index (χ4v) is 4.14. The Labute approximate surface area is 153 Å². The first-order chi connectivity index (χ1) is 12.7. The van der Waals surface area contributed by atoms with E-state index in [1.165, 1.54) is 5.56 Å². The van der Waals surface area contributed by atoms with Crippen LogP contribution in [0.1, 0.15) is 11.1 Å². The van der Waals surface area contributed by atoms with Crippen LogP contribution in [0.2, 0.25) is 0 Å². The number of carbonyl (C=O) groups is 1. The van der Waals surface area contributed by atoms with Crippen molar-refractivity contribution in [1.82, 2.24) is 9.80 Å². The number of fused-ring (bicyclic) bond motifs is 1. The molecule has 0 spiro atoms. The molecule has 2 saturated heterocycles. The van der Waals surface area contributed by atoms with Gasteiger partial charge < -0.3 is 14.7 Å². The van der Waals surface area contributed by atoms with E-state index in [0.717, 1.165) is 30.9 Å². The van der Waals surface area contributed by atoms with Crippen LogP contribution < -0.4 is 4.74 Å². The standard InChI is InChI=1S/C21H24N2O3/c1-26-17-9-7-16(8-10-17)11-22-13-18-19(14-22)23(21(25)20(18)24)12-15-5-3-2-4-6-15/h2-10,18-20,24H,11-14H2,1H3/t18-,19+,20-/m0/s1. The van der Waals surface area contributed by atoms with Gasteiger partial charge in [-0.2, -0.15) is 0 Å². The van der Waals surface area contributed by atoms with E-state index >= 15 is 0 Å². The molecule has 4 rings (SSSR count). The molecule has 26 heavy (non-hydrogen) atoms. The molecule has 3 atom stereocenters. The van der Waals surface area contributed by atoms with Gasteiger partial charge in [-0.05, 0) is 23.3 Å². The first-order valence-electron chi connectivity index (χ1n) is 9.03. The Bertz CT molecular complexity index is 763. The number of nitrogens with zero attached hydrogens (tertiary/aromatic N) is 2. The van der Waals surface area contributed by atoms with Crippen molar-refractivity contribution < 1.29 is 14.6 Å². The summed E-state index contributed by atoms with van der Waals surface area (Å²) >= 11 is 0. The molecule has 2 aliphatic heterocycles. The highest BCUT2D eigenvalue weighted by atomic mass is 16.5. The van der Waals surface area contributed by atoms with Crippen molar-refractivity contribution in [3.8, 4) is 5.75 Å². The van der Waals surface area contributed by atoms with Gasteiger partial charge in [-0.25, -0.2) is 0 Å². The molecule has 0 aromatic heterocycles. The molecule has 2 fully saturated rings. The largest absolute Gasteiger partial charge is 0.497 e. The zero-order valence-corrected chi connectivity index (χ0v) is 14.9. The van der Waals surface area contributed by atoms with Crippen molar-refractivity contribution in [3.63, 3.8) is 0 Å². The van der Waals surface area contributed by atoms with Crippen LogP contribution >= 0.6 is 0 Å². The summed E-state index contributed by atoms with van der Waals surface area (Å²) in [7, 11) is 1.66. The maximum atomic E-state index is 12.5. The van der Waals surface area contributed by atoms with E-state index in [-0.39, 0.29) is 17.9 Å². The molecule has 1 amide bonds. The summed E-state index contributed by atoms with van der Waals surface area (Å²) in [5.74, 6) is 0.708. The van der Waals surface area contributed by atoms with Crippen molar-refractivity contribution in [2.45, 2.75) is 25.2 Å².